The Morgan fingerprint density at radius 1 is 1.06 bits per heavy atom. The smallest absolute Gasteiger partial charge is 0.221 e. The van der Waals surface area contributed by atoms with Crippen LogP contribution in [0.25, 0.3) is 21.9 Å². The van der Waals surface area contributed by atoms with Crippen LogP contribution < -0.4 is 10.1 Å². The van der Waals surface area contributed by atoms with Crippen molar-refractivity contribution in [2.45, 2.75) is 29.9 Å². The molecule has 0 aliphatic carbocycles. The summed E-state index contributed by atoms with van der Waals surface area (Å²) in [6.07, 6.45) is 3.05. The van der Waals surface area contributed by atoms with Gasteiger partial charge in [0.2, 0.25) is 9.84 Å². The van der Waals surface area contributed by atoms with E-state index in [1.807, 2.05) is 26.0 Å². The molecule has 0 atom stereocenters. The molecule has 0 fully saturated rings. The van der Waals surface area contributed by atoms with Gasteiger partial charge in [-0.05, 0) is 38.1 Å². The second kappa shape index (κ2) is 7.65. The fraction of sp³-hybridized carbons (Fsp3) is 0.136. The quantitative estimate of drug-likeness (QED) is 0.355. The van der Waals surface area contributed by atoms with Crippen LogP contribution in [0.4, 0.5) is 11.5 Å². The van der Waals surface area contributed by atoms with Gasteiger partial charge in [-0.1, -0.05) is 18.2 Å². The maximum atomic E-state index is 13.0. The van der Waals surface area contributed by atoms with E-state index >= 15 is 0 Å². The number of sulfone groups is 1. The molecule has 0 unspecified atom stereocenters. The fourth-order valence-electron chi connectivity index (χ4n) is 3.43. The lowest BCUT2D eigenvalue weighted by Gasteiger charge is -2.15. The minimum Gasteiger partial charge on any atom is -0.489 e. The first-order chi connectivity index (χ1) is 15.4. The Morgan fingerprint density at radius 2 is 1.88 bits per heavy atom. The molecule has 10 heteroatoms. The predicted octanol–water partition coefficient (Wildman–Crippen LogP) is 4.20. The van der Waals surface area contributed by atoms with Crippen molar-refractivity contribution in [3.8, 4) is 5.75 Å². The molecule has 2 aromatic carbocycles. The number of nitrogens with one attached hydrogen (secondary N) is 3. The Hall–Kier alpha value is -3.92. The number of benzene rings is 2. The van der Waals surface area contributed by atoms with Crippen molar-refractivity contribution in [2.75, 3.05) is 5.32 Å². The van der Waals surface area contributed by atoms with E-state index in [2.05, 4.69) is 30.5 Å². The number of aromatic amines is 2. The van der Waals surface area contributed by atoms with Gasteiger partial charge in [0, 0.05) is 11.5 Å². The van der Waals surface area contributed by atoms with E-state index in [0.717, 1.165) is 10.9 Å². The molecular weight excluding hydrogens is 428 g/mol. The zero-order valence-corrected chi connectivity index (χ0v) is 18.1. The highest BCUT2D eigenvalue weighted by atomic mass is 32.2. The van der Waals surface area contributed by atoms with Gasteiger partial charge in [-0.3, -0.25) is 5.10 Å². The average molecular weight is 449 g/mol. The van der Waals surface area contributed by atoms with Crippen LogP contribution in [-0.2, 0) is 9.84 Å². The van der Waals surface area contributed by atoms with Gasteiger partial charge in [-0.15, -0.1) is 0 Å². The van der Waals surface area contributed by atoms with Crippen molar-refractivity contribution >= 4 is 43.3 Å². The highest BCUT2D eigenvalue weighted by Gasteiger charge is 2.22. The van der Waals surface area contributed by atoms with Crippen molar-refractivity contribution in [1.82, 2.24) is 25.1 Å². The van der Waals surface area contributed by atoms with Crippen molar-refractivity contribution in [3.63, 3.8) is 0 Å². The molecule has 162 valence electrons. The van der Waals surface area contributed by atoms with Gasteiger partial charge in [-0.2, -0.15) is 5.10 Å². The summed E-state index contributed by atoms with van der Waals surface area (Å²) in [7, 11) is -3.72. The molecule has 3 N–H and O–H groups in total. The molecule has 5 aromatic rings. The van der Waals surface area contributed by atoms with Crippen LogP contribution >= 0.6 is 0 Å². The Kier molecular flexibility index (Phi) is 4.78. The third kappa shape index (κ3) is 3.54. The van der Waals surface area contributed by atoms with Crippen molar-refractivity contribution in [3.05, 3.63) is 61.1 Å². The second-order valence-corrected chi connectivity index (χ2v) is 9.45. The summed E-state index contributed by atoms with van der Waals surface area (Å²) in [6, 6.07) is 13.6. The molecule has 0 amide bonds. The van der Waals surface area contributed by atoms with E-state index in [4.69, 9.17) is 4.74 Å². The molecule has 0 saturated carbocycles. The van der Waals surface area contributed by atoms with Gasteiger partial charge in [-0.25, -0.2) is 18.4 Å². The lowest BCUT2D eigenvalue weighted by molar-refractivity contribution is 0.244. The minimum absolute atomic E-state index is 0.0452. The Labute approximate surface area is 183 Å². The summed E-state index contributed by atoms with van der Waals surface area (Å²) in [5.74, 6) is 1.08. The van der Waals surface area contributed by atoms with Crippen LogP contribution in [0.2, 0.25) is 0 Å². The van der Waals surface area contributed by atoms with Crippen molar-refractivity contribution in [1.29, 1.82) is 0 Å². The topological polar surface area (TPSA) is 126 Å². The van der Waals surface area contributed by atoms with Gasteiger partial charge < -0.3 is 15.0 Å². The molecule has 0 aliphatic heterocycles. The number of hydrogen-bond acceptors (Lipinski definition) is 7. The van der Waals surface area contributed by atoms with E-state index in [0.29, 0.717) is 28.3 Å². The van der Waals surface area contributed by atoms with E-state index < -0.39 is 9.84 Å². The van der Waals surface area contributed by atoms with Crippen molar-refractivity contribution in [2.24, 2.45) is 0 Å². The first-order valence-corrected chi connectivity index (χ1v) is 11.4. The molecule has 32 heavy (non-hydrogen) atoms. The second-order valence-electron chi connectivity index (χ2n) is 7.53. The third-order valence-corrected chi connectivity index (χ3v) is 6.59. The Bertz CT molecular complexity index is 1520. The molecule has 0 spiro atoms. The highest BCUT2D eigenvalue weighted by molar-refractivity contribution is 7.91. The largest absolute Gasteiger partial charge is 0.489 e. The van der Waals surface area contributed by atoms with Crippen LogP contribution in [0.15, 0.2) is 71.0 Å². The summed E-state index contributed by atoms with van der Waals surface area (Å²) in [4.78, 5) is 11.7. The van der Waals surface area contributed by atoms with E-state index in [9.17, 15) is 8.42 Å². The monoisotopic (exact) mass is 448 g/mol. The normalized spacial score (nSPS) is 12.0. The average Bonchev–Trinajstić information content (AvgIpc) is 3.41. The molecule has 0 saturated heterocycles. The number of nitrogens with zero attached hydrogens (tertiary/aromatic N) is 3. The SMILES string of the molecule is CC(C)Oc1cc2[nH]ncc2cc1Nc1ncnc2[nH]c(S(=O)(=O)c3ccccc3)cc12. The van der Waals surface area contributed by atoms with Gasteiger partial charge in [0.15, 0.2) is 0 Å². The van der Waals surface area contributed by atoms with E-state index in [-0.39, 0.29) is 16.0 Å². The number of fused-ring (bicyclic) bond motifs is 2. The number of rotatable bonds is 6. The fourth-order valence-corrected chi connectivity index (χ4v) is 4.71. The van der Waals surface area contributed by atoms with Crippen LogP contribution in [-0.4, -0.2) is 39.7 Å². The first kappa shape index (κ1) is 20.0. The van der Waals surface area contributed by atoms with Crippen LogP contribution in [0.3, 0.4) is 0 Å². The third-order valence-electron chi connectivity index (χ3n) is 4.90. The van der Waals surface area contributed by atoms with E-state index in [1.54, 1.807) is 42.6 Å². The van der Waals surface area contributed by atoms with Crippen LogP contribution in [0.1, 0.15) is 13.8 Å². The van der Waals surface area contributed by atoms with Gasteiger partial charge >= 0.3 is 0 Å². The molecule has 0 bridgehead atoms. The van der Waals surface area contributed by atoms with Crippen molar-refractivity contribution < 1.29 is 13.2 Å². The lowest BCUT2D eigenvalue weighted by Crippen LogP contribution is -2.08. The zero-order valence-electron chi connectivity index (χ0n) is 17.3. The van der Waals surface area contributed by atoms with Gasteiger partial charge in [0.05, 0.1) is 33.8 Å². The summed E-state index contributed by atoms with van der Waals surface area (Å²) in [5, 5.41) is 11.8. The Morgan fingerprint density at radius 3 is 2.66 bits per heavy atom. The maximum absolute atomic E-state index is 13.0. The molecule has 3 aromatic heterocycles. The number of hydrogen-bond donors (Lipinski definition) is 3. The minimum atomic E-state index is -3.72. The van der Waals surface area contributed by atoms with Gasteiger partial charge in [0.25, 0.3) is 0 Å². The summed E-state index contributed by atoms with van der Waals surface area (Å²) >= 11 is 0. The summed E-state index contributed by atoms with van der Waals surface area (Å²) in [5.41, 5.74) is 1.94. The van der Waals surface area contributed by atoms with Crippen LogP contribution in [0.5, 0.6) is 5.75 Å². The highest BCUT2D eigenvalue weighted by Crippen LogP contribution is 2.34. The molecule has 3 heterocycles. The number of anilines is 2. The van der Waals surface area contributed by atoms with Crippen LogP contribution in [0, 0.1) is 0 Å². The summed E-state index contributed by atoms with van der Waals surface area (Å²) in [6.45, 7) is 3.88. The number of H-pyrrole nitrogens is 2. The number of aromatic nitrogens is 5. The molecule has 5 rings (SSSR count). The number of ether oxygens (including phenoxy) is 1. The molecule has 0 radical (unpaired) electrons. The van der Waals surface area contributed by atoms with E-state index in [1.165, 1.54) is 6.33 Å². The maximum Gasteiger partial charge on any atom is 0.221 e. The predicted molar refractivity (Wildman–Crippen MR) is 121 cm³/mol. The molecular formula is C22H20N6O3S. The Balaban J connectivity index is 1.59. The lowest BCUT2D eigenvalue weighted by atomic mass is 10.2. The molecule has 0 aliphatic rings. The summed E-state index contributed by atoms with van der Waals surface area (Å²) < 4.78 is 32.0. The standard InChI is InChI=1S/C22H20N6O3S/c1-13(2)31-19-10-17-14(11-25-28-17)8-18(19)26-21-16-9-20(27-22(16)24-12-23-21)32(29,30)15-6-4-3-5-7-15/h3-13H,1-2H3,(H,25,28)(H2,23,24,26,27). The zero-order chi connectivity index (χ0) is 22.3. The molecule has 9 nitrogen and oxygen atoms in total. The first-order valence-electron chi connectivity index (χ1n) is 9.96. The van der Waals surface area contributed by atoms with Gasteiger partial charge in [0.1, 0.15) is 28.6 Å².